The fraction of sp³-hybridized carbons (Fsp3) is 0.167. The molecule has 6 rings (SSSR count). The number of benzene rings is 5. The van der Waals surface area contributed by atoms with Crippen LogP contribution in [0, 0.1) is 116 Å². The monoisotopic (exact) mass is 962 g/mol. The summed E-state index contributed by atoms with van der Waals surface area (Å²) in [5.74, 6) is -71.3. The van der Waals surface area contributed by atoms with Gasteiger partial charge in [0.1, 0.15) is 52.7 Å². The molecule has 350 valence electrons. The first-order valence-corrected chi connectivity index (χ1v) is 18.6. The van der Waals surface area contributed by atoms with Crippen LogP contribution in [0.15, 0.2) is 48.9 Å². The second kappa shape index (κ2) is 19.9. The van der Waals surface area contributed by atoms with Crippen molar-refractivity contribution in [3.05, 3.63) is 177 Å². The molecule has 0 aliphatic carbocycles. The molecule has 0 aliphatic heterocycles. The zero-order valence-corrected chi connectivity index (χ0v) is 32.8. The summed E-state index contributed by atoms with van der Waals surface area (Å²) in [6.07, 6.45) is 4.18. The van der Waals surface area contributed by atoms with Gasteiger partial charge in [0.15, 0.2) is 81.7 Å². The molecule has 66 heavy (non-hydrogen) atoms. The van der Waals surface area contributed by atoms with Gasteiger partial charge in [-0.15, -0.1) is 21.9 Å². The Morgan fingerprint density at radius 3 is 1.09 bits per heavy atom. The van der Waals surface area contributed by atoms with Crippen molar-refractivity contribution in [2.75, 3.05) is 0 Å². The van der Waals surface area contributed by atoms with Crippen LogP contribution in [0.1, 0.15) is 48.7 Å². The lowest BCUT2D eigenvalue weighted by atomic mass is 9.12. The molecule has 1 heterocycles. The highest BCUT2D eigenvalue weighted by Gasteiger charge is 2.52. The molecule has 0 amide bonds. The molecule has 0 saturated carbocycles. The van der Waals surface area contributed by atoms with Gasteiger partial charge in [0.2, 0.25) is 12.3 Å². The number of Topliss-reactive ketones (excluding diaryl/α,β-unsaturated/α-hetero) is 1. The van der Waals surface area contributed by atoms with Gasteiger partial charge in [-0.3, -0.25) is 9.78 Å². The maximum absolute atomic E-state index is 15.4. The summed E-state index contributed by atoms with van der Waals surface area (Å²) < 4.78 is 296. The average Bonchev–Trinajstić information content (AvgIpc) is 3.31. The minimum Gasteiger partial charge on any atom is -0.287 e. The molecule has 0 unspecified atom stereocenters. The molecular weight excluding hydrogens is 939 g/mol. The smallest absolute Gasteiger partial charge is 0.227 e. The van der Waals surface area contributed by atoms with Crippen molar-refractivity contribution in [3.63, 3.8) is 0 Å². The molecule has 0 aliphatic rings. The van der Waals surface area contributed by atoms with Crippen molar-refractivity contribution in [2.24, 2.45) is 0 Å². The number of ketones is 1. The molecule has 24 heteroatoms. The van der Waals surface area contributed by atoms with Gasteiger partial charge in [-0.25, -0.2) is 87.8 Å². The van der Waals surface area contributed by atoms with Gasteiger partial charge < -0.3 is 0 Å². The van der Waals surface area contributed by atoms with E-state index in [2.05, 4.69) is 11.9 Å². The van der Waals surface area contributed by atoms with Crippen LogP contribution in [0.25, 0.3) is 0 Å². The predicted octanol–water partition coefficient (Wildman–Crippen LogP) is 9.22. The summed E-state index contributed by atoms with van der Waals surface area (Å²) in [6.45, 7) is 2.60. The van der Waals surface area contributed by atoms with Crippen molar-refractivity contribution in [3.8, 4) is 0 Å². The Labute approximate surface area is 357 Å². The van der Waals surface area contributed by atoms with Crippen LogP contribution in [-0.2, 0) is 13.0 Å². The van der Waals surface area contributed by atoms with Gasteiger partial charge >= 0.3 is 0 Å². The lowest BCUT2D eigenvalue weighted by molar-refractivity contribution is -0.691. The quantitative estimate of drug-likeness (QED) is 0.0233. The van der Waals surface area contributed by atoms with E-state index in [1.54, 1.807) is 6.20 Å². The summed E-state index contributed by atoms with van der Waals surface area (Å²) in [4.78, 5) is 16.5. The van der Waals surface area contributed by atoms with E-state index in [9.17, 15) is 57.5 Å². The Balaban J connectivity index is 0.000000324. The number of hydrogen-bond donors (Lipinski definition) is 0. The Hall–Kier alpha value is -6.49. The number of rotatable bonds is 12. The molecule has 5 aromatic carbocycles. The molecule has 1 aromatic heterocycles. The Morgan fingerprint density at radius 1 is 0.455 bits per heavy atom. The van der Waals surface area contributed by atoms with E-state index in [-0.39, 0.29) is 5.78 Å². The van der Waals surface area contributed by atoms with Gasteiger partial charge in [-0.05, 0) is 6.42 Å². The van der Waals surface area contributed by atoms with Gasteiger partial charge in [-0.1, -0.05) is 56.5 Å². The lowest BCUT2D eigenvalue weighted by Gasteiger charge is -2.44. The maximum Gasteiger partial charge on any atom is 0.227 e. The summed E-state index contributed by atoms with van der Waals surface area (Å²) in [7, 11) is 0. The Bertz CT molecular complexity index is 2480. The van der Waals surface area contributed by atoms with Gasteiger partial charge in [0.05, 0.1) is 12.4 Å². The average molecular weight is 962 g/mol. The van der Waals surface area contributed by atoms with Crippen LogP contribution >= 0.6 is 0 Å². The first-order valence-electron chi connectivity index (χ1n) is 18.6. The van der Waals surface area contributed by atoms with E-state index in [0.717, 1.165) is 24.1 Å². The number of halogens is 20. The van der Waals surface area contributed by atoms with E-state index in [1.807, 2.05) is 47.3 Å². The lowest BCUT2D eigenvalue weighted by Crippen LogP contribution is -2.81. The molecular formula is C42H23BF20N2O. The van der Waals surface area contributed by atoms with Crippen LogP contribution in [0.4, 0.5) is 87.8 Å². The van der Waals surface area contributed by atoms with Crippen LogP contribution in [-0.4, -0.2) is 16.9 Å². The molecule has 0 spiro atoms. The SMILES string of the molecule is CCCCCCc1cncc[n+]1CC(=O)c1ccccc1.Fc1c(F)c(F)c([B-](c2c(F)c(F)c(F)c(F)c2F)(c2c(F)c(F)c(F)c(F)c2F)c2c(F)c(F)c(F)c(F)c2F)c(F)c1F. The van der Waals surface area contributed by atoms with Crippen LogP contribution in [0.5, 0.6) is 0 Å². The first kappa shape index (κ1) is 50.5. The topological polar surface area (TPSA) is 33.8 Å². The zero-order chi connectivity index (χ0) is 49.3. The fourth-order valence-corrected chi connectivity index (χ4v) is 7.26. The molecule has 0 fully saturated rings. The number of carbonyl (C=O) groups is 1. The van der Waals surface area contributed by atoms with Crippen LogP contribution in [0.2, 0.25) is 0 Å². The second-order valence-electron chi connectivity index (χ2n) is 14.1. The number of nitrogens with zero attached hydrogens (tertiary/aromatic N) is 2. The van der Waals surface area contributed by atoms with Crippen molar-refractivity contribution >= 4 is 33.8 Å². The van der Waals surface area contributed by atoms with E-state index >= 15 is 35.1 Å². The van der Waals surface area contributed by atoms with E-state index in [0.29, 0.717) is 6.54 Å². The predicted molar refractivity (Wildman–Crippen MR) is 192 cm³/mol. The number of carbonyl (C=O) groups excluding carboxylic acids is 1. The second-order valence-corrected chi connectivity index (χ2v) is 14.1. The van der Waals surface area contributed by atoms with Crippen LogP contribution < -0.4 is 26.4 Å². The third-order valence-electron chi connectivity index (χ3n) is 10.3. The van der Waals surface area contributed by atoms with Gasteiger partial charge in [0, 0.05) is 12.0 Å². The van der Waals surface area contributed by atoms with Crippen molar-refractivity contribution in [1.82, 2.24) is 4.98 Å². The van der Waals surface area contributed by atoms with Gasteiger partial charge in [0.25, 0.3) is 0 Å². The molecule has 0 N–H and O–H groups in total. The summed E-state index contributed by atoms with van der Waals surface area (Å²) in [5, 5.41) is 0. The number of unbranched alkanes of at least 4 members (excludes halogenated alkanes) is 3. The normalized spacial score (nSPS) is 11.5. The highest BCUT2D eigenvalue weighted by atomic mass is 19.2. The molecule has 0 bridgehead atoms. The summed E-state index contributed by atoms with van der Waals surface area (Å²) >= 11 is 0. The Kier molecular flexibility index (Phi) is 15.3. The summed E-state index contributed by atoms with van der Waals surface area (Å²) in [6, 6.07) is 9.46. The van der Waals surface area contributed by atoms with E-state index in [1.165, 1.54) is 19.3 Å². The minimum atomic E-state index is -7.22. The standard InChI is InChI=1S/C24BF20.C18H23N2O/c26-5-1(6(27)14(35)21(42)13(5)34)25(2-7(28)15(36)22(43)16(37)8(2)29,3-9(30)17(38)23(44)18(39)10(3)31)4-11(32)19(40)24(45)20(41)12(4)33;1-2-3-4-8-11-17-14-19-12-13-20(17)15-18(21)16-9-6-5-7-10-16/h;5-7,9-10,12-14H,2-4,8,11,15H2,1H3/q-1;+1. The zero-order valence-electron chi connectivity index (χ0n) is 32.8. The molecule has 0 saturated heterocycles. The van der Waals surface area contributed by atoms with Crippen molar-refractivity contribution in [2.45, 2.75) is 45.6 Å². The van der Waals surface area contributed by atoms with Crippen molar-refractivity contribution in [1.29, 1.82) is 0 Å². The minimum absolute atomic E-state index is 0.140. The fourth-order valence-electron chi connectivity index (χ4n) is 7.26. The molecule has 0 atom stereocenters. The third-order valence-corrected chi connectivity index (χ3v) is 10.3. The van der Waals surface area contributed by atoms with Crippen LogP contribution in [0.3, 0.4) is 0 Å². The van der Waals surface area contributed by atoms with E-state index < -0.39 is 144 Å². The first-order chi connectivity index (χ1) is 31.0. The third kappa shape index (κ3) is 8.56. The van der Waals surface area contributed by atoms with Gasteiger partial charge in [-0.2, -0.15) is 4.57 Å². The number of aryl methyl sites for hydroxylation is 1. The molecule has 0 radical (unpaired) electrons. The summed E-state index contributed by atoms with van der Waals surface area (Å²) in [5.41, 5.74) is -12.4. The highest BCUT2D eigenvalue weighted by molar-refractivity contribution is 7.20. The highest BCUT2D eigenvalue weighted by Crippen LogP contribution is 2.31. The van der Waals surface area contributed by atoms with E-state index in [4.69, 9.17) is 0 Å². The number of aromatic nitrogens is 2. The van der Waals surface area contributed by atoms with Crippen molar-refractivity contribution < 1.29 is 97.2 Å². The maximum atomic E-state index is 15.4. The molecule has 6 aromatic rings. The molecule has 3 nitrogen and oxygen atoms in total. The Morgan fingerprint density at radius 2 is 0.773 bits per heavy atom. The number of hydrogen-bond acceptors (Lipinski definition) is 2. The largest absolute Gasteiger partial charge is 0.287 e.